The molecule has 0 bridgehead atoms. The summed E-state index contributed by atoms with van der Waals surface area (Å²) in [5, 5.41) is 0.161. The van der Waals surface area contributed by atoms with Crippen LogP contribution in [-0.4, -0.2) is 26.3 Å². The van der Waals surface area contributed by atoms with E-state index in [-0.39, 0.29) is 16.5 Å². The molecular weight excluding hydrogens is 324 g/mol. The highest BCUT2D eigenvalue weighted by Gasteiger charge is 2.37. The summed E-state index contributed by atoms with van der Waals surface area (Å²) in [6.07, 6.45) is 1.00. The van der Waals surface area contributed by atoms with E-state index in [1.807, 2.05) is 0 Å². The summed E-state index contributed by atoms with van der Waals surface area (Å²) < 4.78 is 40.2. The number of benzene rings is 1. The molecule has 0 amide bonds. The largest absolute Gasteiger partial charge is 0.245 e. The van der Waals surface area contributed by atoms with Gasteiger partial charge in [0.15, 0.2) is 0 Å². The molecule has 1 aliphatic rings. The number of sulfonamides is 1. The molecule has 0 saturated heterocycles. The van der Waals surface area contributed by atoms with Gasteiger partial charge in [0.2, 0.25) is 10.0 Å². The second-order valence-electron chi connectivity index (χ2n) is 5.27. The van der Waals surface area contributed by atoms with Crippen LogP contribution in [0.2, 0.25) is 5.02 Å². The maximum absolute atomic E-state index is 14.2. The quantitative estimate of drug-likeness (QED) is 0.770. The van der Waals surface area contributed by atoms with Gasteiger partial charge in [0.25, 0.3) is 0 Å². The monoisotopic (exact) mass is 339 g/mol. The van der Waals surface area contributed by atoms with Gasteiger partial charge < -0.3 is 0 Å². The number of hydrogen-bond donors (Lipinski definition) is 0. The molecular formula is C13H16Cl2FNO2S. The van der Waals surface area contributed by atoms with Crippen molar-refractivity contribution < 1.29 is 12.8 Å². The lowest BCUT2D eigenvalue weighted by Crippen LogP contribution is -2.30. The maximum Gasteiger partial charge on any atom is 0.245 e. The van der Waals surface area contributed by atoms with Crippen molar-refractivity contribution in [3.8, 4) is 0 Å². The van der Waals surface area contributed by atoms with Crippen molar-refractivity contribution in [2.24, 2.45) is 11.8 Å². The number of alkyl halides is 1. The van der Waals surface area contributed by atoms with Crippen LogP contribution in [0.1, 0.15) is 18.9 Å². The Morgan fingerprint density at radius 2 is 2.05 bits per heavy atom. The second-order valence-corrected chi connectivity index (χ2v) is 7.99. The summed E-state index contributed by atoms with van der Waals surface area (Å²) in [4.78, 5) is -0.406. The van der Waals surface area contributed by atoms with E-state index in [1.54, 1.807) is 0 Å². The Hall–Kier alpha value is -0.360. The van der Waals surface area contributed by atoms with Crippen LogP contribution in [0.3, 0.4) is 0 Å². The van der Waals surface area contributed by atoms with Gasteiger partial charge in [-0.3, -0.25) is 0 Å². The van der Waals surface area contributed by atoms with Crippen LogP contribution >= 0.6 is 23.2 Å². The van der Waals surface area contributed by atoms with Crippen LogP contribution < -0.4 is 0 Å². The molecule has 1 aromatic carbocycles. The zero-order valence-electron chi connectivity index (χ0n) is 11.2. The van der Waals surface area contributed by atoms with Crippen LogP contribution in [0.5, 0.6) is 0 Å². The second kappa shape index (κ2) is 5.79. The van der Waals surface area contributed by atoms with Gasteiger partial charge in [-0.25, -0.2) is 17.1 Å². The normalized spacial score (nSPS) is 22.3. The predicted molar refractivity (Wildman–Crippen MR) is 78.1 cm³/mol. The Balaban J connectivity index is 2.35. The summed E-state index contributed by atoms with van der Waals surface area (Å²) in [7, 11) is -2.43. The molecule has 0 spiro atoms. The van der Waals surface area contributed by atoms with Crippen LogP contribution in [0.15, 0.2) is 17.0 Å². The third-order valence-corrected chi connectivity index (χ3v) is 6.01. The zero-order valence-corrected chi connectivity index (χ0v) is 13.6. The lowest BCUT2D eigenvalue weighted by atomic mass is 10.2. The molecule has 2 atom stereocenters. The van der Waals surface area contributed by atoms with Crippen molar-refractivity contribution in [3.05, 3.63) is 28.5 Å². The van der Waals surface area contributed by atoms with Gasteiger partial charge in [-0.1, -0.05) is 18.5 Å². The fourth-order valence-corrected chi connectivity index (χ4v) is 4.01. The van der Waals surface area contributed by atoms with Gasteiger partial charge >= 0.3 is 0 Å². The Morgan fingerprint density at radius 3 is 2.55 bits per heavy atom. The molecule has 2 rings (SSSR count). The highest BCUT2D eigenvalue weighted by atomic mass is 35.5. The first-order valence-corrected chi connectivity index (χ1v) is 8.62. The first-order valence-electron chi connectivity index (χ1n) is 6.27. The highest BCUT2D eigenvalue weighted by molar-refractivity contribution is 7.89. The van der Waals surface area contributed by atoms with Crippen LogP contribution in [0, 0.1) is 17.7 Å². The molecule has 0 N–H and O–H groups in total. The molecule has 1 aliphatic carbocycles. The topological polar surface area (TPSA) is 37.4 Å². The summed E-state index contributed by atoms with van der Waals surface area (Å²) in [6, 6.07) is 2.47. The Bertz CT molecular complexity index is 621. The van der Waals surface area contributed by atoms with E-state index >= 15 is 0 Å². The van der Waals surface area contributed by atoms with Crippen LogP contribution in [0.4, 0.5) is 4.39 Å². The molecule has 1 fully saturated rings. The summed E-state index contributed by atoms with van der Waals surface area (Å²) >= 11 is 11.5. The van der Waals surface area contributed by atoms with Crippen molar-refractivity contribution in [3.63, 3.8) is 0 Å². The number of nitrogens with zero attached hydrogens (tertiary/aromatic N) is 1. The van der Waals surface area contributed by atoms with Crippen molar-refractivity contribution in [2.45, 2.75) is 24.1 Å². The van der Waals surface area contributed by atoms with Gasteiger partial charge in [-0.2, -0.15) is 0 Å². The van der Waals surface area contributed by atoms with E-state index in [0.717, 1.165) is 12.5 Å². The molecule has 0 radical (unpaired) electrons. The van der Waals surface area contributed by atoms with Crippen molar-refractivity contribution in [1.82, 2.24) is 4.31 Å². The third kappa shape index (κ3) is 3.11. The lowest BCUT2D eigenvalue weighted by molar-refractivity contribution is 0.439. The first-order chi connectivity index (χ1) is 9.27. The number of hydrogen-bond acceptors (Lipinski definition) is 2. The number of halogens is 3. The molecule has 3 nitrogen and oxygen atoms in total. The fraction of sp³-hybridized carbons (Fsp3) is 0.538. The molecule has 2 unspecified atom stereocenters. The first kappa shape index (κ1) is 16.0. The van der Waals surface area contributed by atoms with Gasteiger partial charge in [0, 0.05) is 24.2 Å². The van der Waals surface area contributed by atoms with E-state index in [1.165, 1.54) is 17.4 Å². The molecule has 112 valence electrons. The Morgan fingerprint density at radius 1 is 1.45 bits per heavy atom. The summed E-state index contributed by atoms with van der Waals surface area (Å²) in [5.41, 5.74) is 0.0888. The smallest absolute Gasteiger partial charge is 0.207 e. The third-order valence-electron chi connectivity index (χ3n) is 3.68. The zero-order chi connectivity index (χ0) is 15.1. The van der Waals surface area contributed by atoms with E-state index in [0.29, 0.717) is 18.4 Å². The van der Waals surface area contributed by atoms with Gasteiger partial charge in [0.05, 0.1) is 5.88 Å². The lowest BCUT2D eigenvalue weighted by Gasteiger charge is -2.18. The van der Waals surface area contributed by atoms with Crippen LogP contribution in [-0.2, 0) is 15.9 Å². The van der Waals surface area contributed by atoms with Gasteiger partial charge in [0.1, 0.15) is 10.7 Å². The SMILES string of the molecule is CC1CC1CN(C)S(=O)(=O)c1cc(Cl)cc(CCl)c1F. The van der Waals surface area contributed by atoms with E-state index in [9.17, 15) is 12.8 Å². The summed E-state index contributed by atoms with van der Waals surface area (Å²) in [6.45, 7) is 2.46. The van der Waals surface area contributed by atoms with Gasteiger partial charge in [-0.05, 0) is 30.4 Å². The predicted octanol–water partition coefficient (Wildman–Crippen LogP) is 3.49. The minimum atomic E-state index is -3.89. The molecule has 7 heteroatoms. The van der Waals surface area contributed by atoms with Crippen LogP contribution in [0.25, 0.3) is 0 Å². The molecule has 0 heterocycles. The average Bonchev–Trinajstić information content (AvgIpc) is 3.07. The fourth-order valence-electron chi connectivity index (χ4n) is 2.15. The highest BCUT2D eigenvalue weighted by Crippen LogP contribution is 2.39. The Labute approximate surface area is 128 Å². The molecule has 0 aliphatic heterocycles. The minimum Gasteiger partial charge on any atom is -0.207 e. The van der Waals surface area contributed by atoms with Crippen molar-refractivity contribution >= 4 is 33.2 Å². The average molecular weight is 340 g/mol. The van der Waals surface area contributed by atoms with E-state index in [4.69, 9.17) is 23.2 Å². The molecule has 0 aromatic heterocycles. The van der Waals surface area contributed by atoms with Gasteiger partial charge in [-0.15, -0.1) is 11.6 Å². The van der Waals surface area contributed by atoms with Crippen molar-refractivity contribution in [2.75, 3.05) is 13.6 Å². The molecule has 1 saturated carbocycles. The maximum atomic E-state index is 14.2. The summed E-state index contributed by atoms with van der Waals surface area (Å²) in [5.74, 6) is -0.0713. The van der Waals surface area contributed by atoms with Crippen molar-refractivity contribution in [1.29, 1.82) is 0 Å². The molecule has 1 aromatic rings. The van der Waals surface area contributed by atoms with E-state index < -0.39 is 20.7 Å². The number of rotatable bonds is 5. The standard InChI is InChI=1S/C13H16Cl2FNO2S/c1-8-3-10(8)7-17(2)20(18,19)12-5-11(15)4-9(6-14)13(12)16/h4-5,8,10H,3,6-7H2,1-2H3. The minimum absolute atomic E-state index is 0.0888. The van der Waals surface area contributed by atoms with E-state index in [2.05, 4.69) is 6.92 Å². The molecule has 20 heavy (non-hydrogen) atoms. The Kier molecular flexibility index (Phi) is 4.64.